The lowest BCUT2D eigenvalue weighted by atomic mass is 10.1. The molecule has 0 aliphatic heterocycles. The van der Waals surface area contributed by atoms with Crippen molar-refractivity contribution in [1.29, 1.82) is 0 Å². The molecule has 1 aliphatic rings. The van der Waals surface area contributed by atoms with E-state index in [4.69, 9.17) is 5.73 Å². The molecule has 5 heteroatoms. The predicted octanol–water partition coefficient (Wildman–Crippen LogP) is -0.245. The van der Waals surface area contributed by atoms with E-state index < -0.39 is 11.9 Å². The molecule has 0 heterocycles. The molecule has 5 nitrogen and oxygen atoms in total. The number of nitrogens with one attached hydrogen (secondary N) is 2. The Kier molecular flexibility index (Phi) is 4.73. The van der Waals surface area contributed by atoms with Gasteiger partial charge in [-0.1, -0.05) is 0 Å². The molecular formula is C11H21N3O2. The van der Waals surface area contributed by atoms with Crippen LogP contribution in [0, 0.1) is 5.92 Å². The Morgan fingerprint density at radius 1 is 1.38 bits per heavy atom. The van der Waals surface area contributed by atoms with Gasteiger partial charge in [-0.15, -0.1) is 0 Å². The third kappa shape index (κ3) is 5.11. The van der Waals surface area contributed by atoms with Crippen LogP contribution in [0.3, 0.4) is 0 Å². The SMILES string of the molecule is CC(C)NC(=O)CC(NCC1CC1)C(N)=O. The Balaban J connectivity index is 2.30. The van der Waals surface area contributed by atoms with E-state index in [1.165, 1.54) is 12.8 Å². The largest absolute Gasteiger partial charge is 0.368 e. The lowest BCUT2D eigenvalue weighted by Gasteiger charge is -2.16. The van der Waals surface area contributed by atoms with Crippen LogP contribution in [0.5, 0.6) is 0 Å². The molecule has 1 rings (SSSR count). The molecule has 16 heavy (non-hydrogen) atoms. The smallest absolute Gasteiger partial charge is 0.235 e. The molecule has 0 aromatic rings. The summed E-state index contributed by atoms with van der Waals surface area (Å²) in [6.45, 7) is 4.55. The van der Waals surface area contributed by atoms with E-state index in [0.717, 1.165) is 6.54 Å². The van der Waals surface area contributed by atoms with E-state index in [9.17, 15) is 9.59 Å². The summed E-state index contributed by atoms with van der Waals surface area (Å²) in [5, 5.41) is 5.79. The zero-order valence-corrected chi connectivity index (χ0v) is 9.95. The van der Waals surface area contributed by atoms with E-state index >= 15 is 0 Å². The molecule has 1 fully saturated rings. The molecule has 0 spiro atoms. The van der Waals surface area contributed by atoms with Crippen LogP contribution in [0.15, 0.2) is 0 Å². The fourth-order valence-electron chi connectivity index (χ4n) is 1.47. The Hall–Kier alpha value is -1.10. The topological polar surface area (TPSA) is 84.2 Å². The lowest BCUT2D eigenvalue weighted by Crippen LogP contribution is -2.46. The quantitative estimate of drug-likeness (QED) is 0.561. The summed E-state index contributed by atoms with van der Waals surface area (Å²) < 4.78 is 0. The number of hydrogen-bond donors (Lipinski definition) is 3. The van der Waals surface area contributed by atoms with E-state index in [1.54, 1.807) is 0 Å². The lowest BCUT2D eigenvalue weighted by molar-refractivity contribution is -0.127. The number of carbonyl (C=O) groups is 2. The first-order valence-corrected chi connectivity index (χ1v) is 5.81. The van der Waals surface area contributed by atoms with Gasteiger partial charge in [-0.2, -0.15) is 0 Å². The molecule has 1 saturated carbocycles. The van der Waals surface area contributed by atoms with Gasteiger partial charge in [0.15, 0.2) is 0 Å². The highest BCUT2D eigenvalue weighted by molar-refractivity contribution is 5.87. The molecule has 0 bridgehead atoms. The molecule has 0 aromatic heterocycles. The summed E-state index contributed by atoms with van der Waals surface area (Å²) >= 11 is 0. The summed E-state index contributed by atoms with van der Waals surface area (Å²) in [6, 6.07) is -0.455. The zero-order valence-electron chi connectivity index (χ0n) is 9.95. The number of amides is 2. The Labute approximate surface area is 96.1 Å². The highest BCUT2D eigenvalue weighted by atomic mass is 16.2. The molecule has 1 atom stereocenters. The predicted molar refractivity (Wildman–Crippen MR) is 61.6 cm³/mol. The van der Waals surface area contributed by atoms with Crippen LogP contribution in [0.25, 0.3) is 0 Å². The van der Waals surface area contributed by atoms with Crippen LogP contribution >= 0.6 is 0 Å². The number of primary amides is 1. The van der Waals surface area contributed by atoms with Gasteiger partial charge < -0.3 is 16.4 Å². The highest BCUT2D eigenvalue weighted by Gasteiger charge is 2.25. The van der Waals surface area contributed by atoms with Crippen LogP contribution < -0.4 is 16.4 Å². The average molecular weight is 227 g/mol. The third-order valence-corrected chi connectivity index (χ3v) is 2.53. The molecule has 4 N–H and O–H groups in total. The standard InChI is InChI=1S/C11H21N3O2/c1-7(2)14-10(15)5-9(11(12)16)13-6-8-3-4-8/h7-9,13H,3-6H2,1-2H3,(H2,12,16)(H,14,15). The van der Waals surface area contributed by atoms with Crippen LogP contribution in [0.1, 0.15) is 33.1 Å². The minimum absolute atomic E-state index is 0.0875. The summed E-state index contributed by atoms with van der Waals surface area (Å²) in [5.74, 6) is 0.0664. The maximum absolute atomic E-state index is 11.5. The first-order chi connectivity index (χ1) is 7.49. The van der Waals surface area contributed by atoms with Crippen LogP contribution in [-0.4, -0.2) is 30.4 Å². The van der Waals surface area contributed by atoms with Gasteiger partial charge in [0.25, 0.3) is 0 Å². The monoisotopic (exact) mass is 227 g/mol. The van der Waals surface area contributed by atoms with Crippen molar-refractivity contribution in [3.8, 4) is 0 Å². The first kappa shape index (κ1) is 13.0. The average Bonchev–Trinajstić information content (AvgIpc) is 2.93. The molecule has 2 amide bonds. The van der Waals surface area contributed by atoms with Crippen molar-refractivity contribution in [2.75, 3.05) is 6.54 Å². The van der Waals surface area contributed by atoms with Gasteiger partial charge in [0, 0.05) is 6.04 Å². The van der Waals surface area contributed by atoms with E-state index in [2.05, 4.69) is 10.6 Å². The fourth-order valence-corrected chi connectivity index (χ4v) is 1.47. The third-order valence-electron chi connectivity index (χ3n) is 2.53. The van der Waals surface area contributed by atoms with Crippen LogP contribution in [0.4, 0.5) is 0 Å². The molecule has 1 aliphatic carbocycles. The van der Waals surface area contributed by atoms with Crippen LogP contribution in [0.2, 0.25) is 0 Å². The second-order valence-electron chi connectivity index (χ2n) is 4.73. The van der Waals surface area contributed by atoms with Gasteiger partial charge in [0.05, 0.1) is 12.5 Å². The number of carbonyl (C=O) groups excluding carboxylic acids is 2. The summed E-state index contributed by atoms with van der Waals surface area (Å²) in [4.78, 5) is 22.6. The second-order valence-corrected chi connectivity index (χ2v) is 4.73. The Bertz CT molecular complexity index is 262. The summed E-state index contributed by atoms with van der Waals surface area (Å²) in [5.41, 5.74) is 5.24. The zero-order chi connectivity index (χ0) is 12.1. The van der Waals surface area contributed by atoms with Gasteiger partial charge >= 0.3 is 0 Å². The van der Waals surface area contributed by atoms with Crippen molar-refractivity contribution in [2.24, 2.45) is 11.7 Å². The van der Waals surface area contributed by atoms with Gasteiger partial charge in [-0.05, 0) is 39.2 Å². The van der Waals surface area contributed by atoms with Crippen molar-refractivity contribution >= 4 is 11.8 Å². The van der Waals surface area contributed by atoms with Crippen molar-refractivity contribution in [3.05, 3.63) is 0 Å². The van der Waals surface area contributed by atoms with E-state index in [1.807, 2.05) is 13.8 Å². The molecule has 1 unspecified atom stereocenters. The van der Waals surface area contributed by atoms with E-state index in [-0.39, 0.29) is 18.4 Å². The molecule has 0 aromatic carbocycles. The Morgan fingerprint density at radius 2 is 2.00 bits per heavy atom. The van der Waals surface area contributed by atoms with Gasteiger partial charge in [0.1, 0.15) is 0 Å². The summed E-state index contributed by atoms with van der Waals surface area (Å²) in [6.07, 6.45) is 2.54. The highest BCUT2D eigenvalue weighted by Crippen LogP contribution is 2.27. The van der Waals surface area contributed by atoms with Crippen molar-refractivity contribution in [1.82, 2.24) is 10.6 Å². The molecule has 0 saturated heterocycles. The molecule has 92 valence electrons. The van der Waals surface area contributed by atoms with Gasteiger partial charge in [-0.3, -0.25) is 9.59 Å². The normalized spacial score (nSPS) is 17.2. The summed E-state index contributed by atoms with van der Waals surface area (Å²) in [7, 11) is 0. The molecular weight excluding hydrogens is 206 g/mol. The maximum Gasteiger partial charge on any atom is 0.235 e. The van der Waals surface area contributed by atoms with Crippen molar-refractivity contribution in [3.63, 3.8) is 0 Å². The van der Waals surface area contributed by atoms with Crippen molar-refractivity contribution < 1.29 is 9.59 Å². The van der Waals surface area contributed by atoms with Gasteiger partial charge in [-0.25, -0.2) is 0 Å². The van der Waals surface area contributed by atoms with E-state index in [0.29, 0.717) is 5.92 Å². The van der Waals surface area contributed by atoms with Crippen molar-refractivity contribution in [2.45, 2.75) is 45.2 Å². The van der Waals surface area contributed by atoms with Gasteiger partial charge in [0.2, 0.25) is 11.8 Å². The number of hydrogen-bond acceptors (Lipinski definition) is 3. The number of nitrogens with two attached hydrogens (primary N) is 1. The maximum atomic E-state index is 11.5. The van der Waals surface area contributed by atoms with Crippen LogP contribution in [-0.2, 0) is 9.59 Å². The Morgan fingerprint density at radius 3 is 2.44 bits per heavy atom. The second kappa shape index (κ2) is 5.84. The number of rotatable bonds is 7. The molecule has 0 radical (unpaired) electrons. The minimum Gasteiger partial charge on any atom is -0.368 e. The fraction of sp³-hybridized carbons (Fsp3) is 0.818. The minimum atomic E-state index is -0.542. The first-order valence-electron chi connectivity index (χ1n) is 5.81.